The van der Waals surface area contributed by atoms with Crippen LogP contribution in [0.5, 0.6) is 0 Å². The first-order valence-electron chi connectivity index (χ1n) is 6.45. The summed E-state index contributed by atoms with van der Waals surface area (Å²) < 4.78 is 11.1. The van der Waals surface area contributed by atoms with E-state index in [1.54, 1.807) is 7.11 Å². The number of rotatable bonds is 7. The second-order valence-electron chi connectivity index (χ2n) is 4.86. The summed E-state index contributed by atoms with van der Waals surface area (Å²) >= 11 is 3.62. The van der Waals surface area contributed by atoms with Gasteiger partial charge < -0.3 is 9.47 Å². The quantitative estimate of drug-likeness (QED) is 0.525. The van der Waals surface area contributed by atoms with Crippen LogP contribution in [0.25, 0.3) is 0 Å². The summed E-state index contributed by atoms with van der Waals surface area (Å²) in [6.45, 7) is 3.93. The molecule has 0 aromatic rings. The van der Waals surface area contributed by atoms with E-state index in [1.807, 2.05) is 0 Å². The fourth-order valence-corrected chi connectivity index (χ4v) is 3.14. The van der Waals surface area contributed by atoms with Crippen molar-refractivity contribution in [2.24, 2.45) is 5.92 Å². The zero-order chi connectivity index (χ0) is 11.9. The highest BCUT2D eigenvalue weighted by Gasteiger charge is 2.34. The minimum atomic E-state index is 0.111. The van der Waals surface area contributed by atoms with Crippen molar-refractivity contribution in [2.45, 2.75) is 51.0 Å². The molecule has 1 saturated carbocycles. The van der Waals surface area contributed by atoms with E-state index in [0.717, 1.165) is 30.9 Å². The Kier molecular flexibility index (Phi) is 6.94. The van der Waals surface area contributed by atoms with E-state index in [0.29, 0.717) is 0 Å². The van der Waals surface area contributed by atoms with Gasteiger partial charge >= 0.3 is 0 Å². The molecule has 16 heavy (non-hydrogen) atoms. The maximum Gasteiger partial charge on any atom is 0.0779 e. The number of methoxy groups -OCH3 is 1. The van der Waals surface area contributed by atoms with Crippen molar-refractivity contribution in [1.29, 1.82) is 0 Å². The second kappa shape index (κ2) is 7.67. The molecular weight excluding hydrogens is 268 g/mol. The summed E-state index contributed by atoms with van der Waals surface area (Å²) in [6, 6.07) is 0. The molecule has 0 heterocycles. The largest absolute Gasteiger partial charge is 0.385 e. The fourth-order valence-electron chi connectivity index (χ4n) is 2.42. The van der Waals surface area contributed by atoms with Crippen LogP contribution in [0.4, 0.5) is 0 Å². The predicted octanol–water partition coefficient (Wildman–Crippen LogP) is 3.77. The molecule has 1 rings (SSSR count). The Labute approximate surface area is 108 Å². The lowest BCUT2D eigenvalue weighted by Gasteiger charge is -2.38. The molecule has 0 aromatic carbocycles. The van der Waals surface area contributed by atoms with Gasteiger partial charge in [0.2, 0.25) is 0 Å². The lowest BCUT2D eigenvalue weighted by molar-refractivity contribution is -0.0646. The van der Waals surface area contributed by atoms with E-state index in [2.05, 4.69) is 22.9 Å². The van der Waals surface area contributed by atoms with E-state index < -0.39 is 0 Å². The van der Waals surface area contributed by atoms with Crippen molar-refractivity contribution in [3.8, 4) is 0 Å². The SMILES string of the molecule is CCC1CCC(CBr)(OCCCOC)CC1. The van der Waals surface area contributed by atoms with Gasteiger partial charge in [-0.1, -0.05) is 29.3 Å². The van der Waals surface area contributed by atoms with Gasteiger partial charge in [-0.25, -0.2) is 0 Å². The van der Waals surface area contributed by atoms with Crippen LogP contribution in [0.15, 0.2) is 0 Å². The number of halogens is 1. The summed E-state index contributed by atoms with van der Waals surface area (Å²) in [5.41, 5.74) is 0.111. The molecule has 0 bridgehead atoms. The molecule has 0 unspecified atom stereocenters. The first-order chi connectivity index (χ1) is 7.76. The van der Waals surface area contributed by atoms with Crippen molar-refractivity contribution in [3.05, 3.63) is 0 Å². The Balaban J connectivity index is 2.28. The van der Waals surface area contributed by atoms with E-state index in [4.69, 9.17) is 9.47 Å². The van der Waals surface area contributed by atoms with Crippen molar-refractivity contribution in [1.82, 2.24) is 0 Å². The van der Waals surface area contributed by atoms with Crippen molar-refractivity contribution in [2.75, 3.05) is 25.7 Å². The summed E-state index contributed by atoms with van der Waals surface area (Å²) in [5, 5.41) is 0.976. The van der Waals surface area contributed by atoms with Crippen LogP contribution >= 0.6 is 15.9 Å². The van der Waals surface area contributed by atoms with Crippen LogP contribution < -0.4 is 0 Å². The molecule has 1 fully saturated rings. The third kappa shape index (κ3) is 4.34. The molecule has 0 saturated heterocycles. The number of hydrogen-bond donors (Lipinski definition) is 0. The maximum atomic E-state index is 6.09. The molecule has 0 aromatic heterocycles. The molecule has 3 heteroatoms. The number of hydrogen-bond acceptors (Lipinski definition) is 2. The molecule has 1 aliphatic rings. The molecule has 96 valence electrons. The van der Waals surface area contributed by atoms with Crippen LogP contribution in [0.3, 0.4) is 0 Å². The van der Waals surface area contributed by atoms with Crippen LogP contribution in [-0.4, -0.2) is 31.3 Å². The molecule has 0 amide bonds. The van der Waals surface area contributed by atoms with Gasteiger partial charge in [0, 0.05) is 25.7 Å². The van der Waals surface area contributed by atoms with Gasteiger partial charge in [-0.2, -0.15) is 0 Å². The Morgan fingerprint density at radius 3 is 2.44 bits per heavy atom. The lowest BCUT2D eigenvalue weighted by Crippen LogP contribution is -2.39. The summed E-state index contributed by atoms with van der Waals surface area (Å²) in [7, 11) is 1.74. The van der Waals surface area contributed by atoms with Gasteiger partial charge in [-0.15, -0.1) is 0 Å². The van der Waals surface area contributed by atoms with E-state index in [9.17, 15) is 0 Å². The maximum absolute atomic E-state index is 6.09. The van der Waals surface area contributed by atoms with Crippen LogP contribution in [0.2, 0.25) is 0 Å². The molecule has 0 radical (unpaired) electrons. The molecule has 0 N–H and O–H groups in total. The van der Waals surface area contributed by atoms with Crippen molar-refractivity contribution < 1.29 is 9.47 Å². The predicted molar refractivity (Wildman–Crippen MR) is 71.2 cm³/mol. The summed E-state index contributed by atoms with van der Waals surface area (Å²) in [5.74, 6) is 0.926. The summed E-state index contributed by atoms with van der Waals surface area (Å²) in [6.07, 6.45) is 7.40. The highest BCUT2D eigenvalue weighted by Crippen LogP contribution is 2.37. The standard InChI is InChI=1S/C13H25BrO2/c1-3-12-5-7-13(11-14,8-6-12)16-10-4-9-15-2/h12H,3-11H2,1-2H3. The zero-order valence-corrected chi connectivity index (χ0v) is 12.2. The molecular formula is C13H25BrO2. The Morgan fingerprint density at radius 1 is 1.25 bits per heavy atom. The van der Waals surface area contributed by atoms with Crippen molar-refractivity contribution in [3.63, 3.8) is 0 Å². The Bertz CT molecular complexity index is 177. The molecule has 0 aliphatic heterocycles. The van der Waals surface area contributed by atoms with Crippen molar-refractivity contribution >= 4 is 15.9 Å². The van der Waals surface area contributed by atoms with Gasteiger partial charge in [-0.3, -0.25) is 0 Å². The van der Waals surface area contributed by atoms with Gasteiger partial charge in [0.05, 0.1) is 5.60 Å². The van der Waals surface area contributed by atoms with Gasteiger partial charge in [0.1, 0.15) is 0 Å². The first kappa shape index (κ1) is 14.5. The average Bonchev–Trinajstić information content (AvgIpc) is 2.35. The van der Waals surface area contributed by atoms with Gasteiger partial charge in [0.25, 0.3) is 0 Å². The number of alkyl halides is 1. The minimum Gasteiger partial charge on any atom is -0.385 e. The Hall–Kier alpha value is 0.400. The smallest absolute Gasteiger partial charge is 0.0779 e. The Morgan fingerprint density at radius 2 is 1.94 bits per heavy atom. The van der Waals surface area contributed by atoms with Crippen LogP contribution in [0.1, 0.15) is 45.4 Å². The second-order valence-corrected chi connectivity index (χ2v) is 5.42. The van der Waals surface area contributed by atoms with Crippen LogP contribution in [0, 0.1) is 5.92 Å². The molecule has 1 aliphatic carbocycles. The third-order valence-electron chi connectivity index (χ3n) is 3.74. The van der Waals surface area contributed by atoms with Gasteiger partial charge in [-0.05, 0) is 38.0 Å². The zero-order valence-electron chi connectivity index (χ0n) is 10.6. The highest BCUT2D eigenvalue weighted by atomic mass is 79.9. The lowest BCUT2D eigenvalue weighted by atomic mass is 9.79. The summed E-state index contributed by atoms with van der Waals surface area (Å²) in [4.78, 5) is 0. The topological polar surface area (TPSA) is 18.5 Å². The molecule has 0 atom stereocenters. The molecule has 0 spiro atoms. The van der Waals surface area contributed by atoms with E-state index in [1.165, 1.54) is 32.1 Å². The fraction of sp³-hybridized carbons (Fsp3) is 1.00. The van der Waals surface area contributed by atoms with Crippen LogP contribution in [-0.2, 0) is 9.47 Å². The number of ether oxygens (including phenoxy) is 2. The highest BCUT2D eigenvalue weighted by molar-refractivity contribution is 9.09. The minimum absolute atomic E-state index is 0.111. The average molecular weight is 293 g/mol. The molecule has 2 nitrogen and oxygen atoms in total. The monoisotopic (exact) mass is 292 g/mol. The first-order valence-corrected chi connectivity index (χ1v) is 7.57. The van der Waals surface area contributed by atoms with E-state index >= 15 is 0 Å². The normalized spacial score (nSPS) is 30.6. The third-order valence-corrected chi connectivity index (χ3v) is 4.76. The van der Waals surface area contributed by atoms with E-state index in [-0.39, 0.29) is 5.60 Å². The van der Waals surface area contributed by atoms with Gasteiger partial charge in [0.15, 0.2) is 0 Å².